The Morgan fingerprint density at radius 3 is 2.59 bits per heavy atom. The number of carbonyl (C=O) groups is 2. The van der Waals surface area contributed by atoms with Crippen molar-refractivity contribution in [3.05, 3.63) is 21.9 Å². The largest absolute Gasteiger partial charge is 0.395 e. The van der Waals surface area contributed by atoms with Crippen molar-refractivity contribution in [2.24, 2.45) is 0 Å². The molecule has 17 heavy (non-hydrogen) atoms. The molecule has 0 radical (unpaired) electrons. The number of aryl methyl sites for hydroxylation is 1. The quantitative estimate of drug-likeness (QED) is 0.783. The summed E-state index contributed by atoms with van der Waals surface area (Å²) >= 11 is 1.45. The maximum Gasteiger partial charge on any atom is 0.222 e. The zero-order valence-corrected chi connectivity index (χ0v) is 10.9. The lowest BCUT2D eigenvalue weighted by Crippen LogP contribution is -2.29. The number of thiophene rings is 1. The number of Topliss-reactive ketones (excluding diaryl/α,β-unsaturated/α-hetero) is 1. The monoisotopic (exact) mass is 255 g/mol. The van der Waals surface area contributed by atoms with Gasteiger partial charge in [-0.2, -0.15) is 0 Å². The molecule has 0 aliphatic carbocycles. The second-order valence-electron chi connectivity index (χ2n) is 3.87. The first-order valence-electron chi connectivity index (χ1n) is 5.49. The number of hydrogen-bond donors (Lipinski definition) is 1. The molecule has 1 aromatic rings. The first kappa shape index (κ1) is 13.9. The van der Waals surface area contributed by atoms with E-state index in [4.69, 9.17) is 5.11 Å². The summed E-state index contributed by atoms with van der Waals surface area (Å²) in [4.78, 5) is 26.5. The van der Waals surface area contributed by atoms with Crippen LogP contribution in [0.4, 0.5) is 0 Å². The van der Waals surface area contributed by atoms with Gasteiger partial charge in [-0.1, -0.05) is 0 Å². The van der Waals surface area contributed by atoms with Crippen LogP contribution in [0.2, 0.25) is 0 Å². The molecule has 94 valence electrons. The van der Waals surface area contributed by atoms with E-state index in [1.54, 1.807) is 13.1 Å². The van der Waals surface area contributed by atoms with Crippen molar-refractivity contribution >= 4 is 23.0 Å². The van der Waals surface area contributed by atoms with E-state index in [1.165, 1.54) is 16.2 Å². The third kappa shape index (κ3) is 4.28. The lowest BCUT2D eigenvalue weighted by Gasteiger charge is -2.14. The highest BCUT2D eigenvalue weighted by Crippen LogP contribution is 2.17. The van der Waals surface area contributed by atoms with Gasteiger partial charge >= 0.3 is 0 Å². The van der Waals surface area contributed by atoms with E-state index in [0.717, 1.165) is 4.88 Å². The Morgan fingerprint density at radius 2 is 2.06 bits per heavy atom. The number of hydrogen-bond acceptors (Lipinski definition) is 4. The molecule has 5 heteroatoms. The summed E-state index contributed by atoms with van der Waals surface area (Å²) in [6.07, 6.45) is 0.431. The number of likely N-dealkylation sites (N-methyl/N-ethyl adjacent to an activating group) is 1. The molecule has 0 spiro atoms. The molecular formula is C12H17NO3S. The van der Waals surface area contributed by atoms with Crippen LogP contribution < -0.4 is 0 Å². The summed E-state index contributed by atoms with van der Waals surface area (Å²) in [6.45, 7) is 2.20. The summed E-state index contributed by atoms with van der Waals surface area (Å²) in [5.41, 5.74) is 0. The van der Waals surface area contributed by atoms with Crippen LogP contribution >= 0.6 is 11.3 Å². The normalized spacial score (nSPS) is 10.3. The molecule has 0 bridgehead atoms. The van der Waals surface area contributed by atoms with Crippen molar-refractivity contribution in [1.29, 1.82) is 0 Å². The lowest BCUT2D eigenvalue weighted by atomic mass is 10.2. The predicted octanol–water partition coefficient (Wildman–Crippen LogP) is 1.47. The maximum atomic E-state index is 11.7. The SMILES string of the molecule is Cc1ccc(C(=O)CCC(=O)N(C)CCO)s1. The van der Waals surface area contributed by atoms with E-state index in [9.17, 15) is 9.59 Å². The molecule has 0 unspecified atom stereocenters. The number of carbonyl (C=O) groups excluding carboxylic acids is 2. The van der Waals surface area contributed by atoms with E-state index in [2.05, 4.69) is 0 Å². The van der Waals surface area contributed by atoms with Gasteiger partial charge in [0.1, 0.15) is 0 Å². The molecule has 0 aliphatic rings. The Balaban J connectivity index is 2.41. The molecule has 4 nitrogen and oxygen atoms in total. The van der Waals surface area contributed by atoms with Gasteiger partial charge in [0.2, 0.25) is 5.91 Å². The van der Waals surface area contributed by atoms with Gasteiger partial charge in [-0.05, 0) is 19.1 Å². The van der Waals surface area contributed by atoms with Gasteiger partial charge in [-0.25, -0.2) is 0 Å². The highest BCUT2D eigenvalue weighted by molar-refractivity contribution is 7.14. The molecule has 1 rings (SSSR count). The molecule has 0 aliphatic heterocycles. The van der Waals surface area contributed by atoms with Crippen LogP contribution in [0.5, 0.6) is 0 Å². The number of aliphatic hydroxyl groups excluding tert-OH is 1. The third-order valence-corrected chi connectivity index (χ3v) is 3.48. The van der Waals surface area contributed by atoms with Crippen LogP contribution in [0.25, 0.3) is 0 Å². The molecule has 0 saturated carbocycles. The number of rotatable bonds is 6. The minimum atomic E-state index is -0.110. The lowest BCUT2D eigenvalue weighted by molar-refractivity contribution is -0.130. The summed E-state index contributed by atoms with van der Waals surface area (Å²) in [7, 11) is 1.62. The average Bonchev–Trinajstić information content (AvgIpc) is 2.72. The molecule has 1 N–H and O–H groups in total. The zero-order valence-electron chi connectivity index (χ0n) is 10.1. The van der Waals surface area contributed by atoms with Crippen molar-refractivity contribution in [2.75, 3.05) is 20.2 Å². The smallest absolute Gasteiger partial charge is 0.222 e. The molecule has 1 heterocycles. The standard InChI is InChI=1S/C12H17NO3S/c1-9-3-5-11(17-9)10(15)4-6-12(16)13(2)7-8-14/h3,5,14H,4,6-8H2,1-2H3. The predicted molar refractivity (Wildman–Crippen MR) is 67.3 cm³/mol. The number of aliphatic hydroxyl groups is 1. The Hall–Kier alpha value is -1.20. The van der Waals surface area contributed by atoms with E-state index in [1.807, 2.05) is 13.0 Å². The van der Waals surface area contributed by atoms with E-state index in [-0.39, 0.29) is 31.1 Å². The molecule has 1 aromatic heterocycles. The summed E-state index contributed by atoms with van der Waals surface area (Å²) < 4.78 is 0. The van der Waals surface area contributed by atoms with E-state index >= 15 is 0 Å². The van der Waals surface area contributed by atoms with Gasteiger partial charge in [-0.3, -0.25) is 9.59 Å². The van der Waals surface area contributed by atoms with Crippen LogP contribution in [0, 0.1) is 6.92 Å². The molecule has 0 fully saturated rings. The number of ketones is 1. The second kappa shape index (κ2) is 6.51. The average molecular weight is 255 g/mol. The minimum Gasteiger partial charge on any atom is -0.395 e. The number of amides is 1. The first-order valence-corrected chi connectivity index (χ1v) is 6.30. The second-order valence-corrected chi connectivity index (χ2v) is 5.16. The highest BCUT2D eigenvalue weighted by Gasteiger charge is 2.13. The molecule has 0 saturated heterocycles. The van der Waals surface area contributed by atoms with Crippen LogP contribution in [0.1, 0.15) is 27.4 Å². The topological polar surface area (TPSA) is 57.6 Å². The fourth-order valence-corrected chi connectivity index (χ4v) is 2.23. The van der Waals surface area contributed by atoms with E-state index in [0.29, 0.717) is 11.4 Å². The van der Waals surface area contributed by atoms with Gasteiger partial charge in [0.05, 0.1) is 11.5 Å². The highest BCUT2D eigenvalue weighted by atomic mass is 32.1. The molecular weight excluding hydrogens is 238 g/mol. The first-order chi connectivity index (χ1) is 8.04. The van der Waals surface area contributed by atoms with Crippen LogP contribution in [0.3, 0.4) is 0 Å². The van der Waals surface area contributed by atoms with Gasteiger partial charge in [0.25, 0.3) is 0 Å². The van der Waals surface area contributed by atoms with Gasteiger partial charge in [0, 0.05) is 31.3 Å². The van der Waals surface area contributed by atoms with Crippen molar-refractivity contribution in [2.45, 2.75) is 19.8 Å². The minimum absolute atomic E-state index is 0.00819. The fourth-order valence-electron chi connectivity index (χ4n) is 1.39. The summed E-state index contributed by atoms with van der Waals surface area (Å²) in [6, 6.07) is 3.70. The van der Waals surface area contributed by atoms with Gasteiger partial charge in [0.15, 0.2) is 5.78 Å². The molecule has 1 amide bonds. The Bertz CT molecular complexity index is 400. The Kier molecular flexibility index (Phi) is 5.31. The fraction of sp³-hybridized carbons (Fsp3) is 0.500. The van der Waals surface area contributed by atoms with Gasteiger partial charge in [-0.15, -0.1) is 11.3 Å². The summed E-state index contributed by atoms with van der Waals surface area (Å²) in [5, 5.41) is 8.68. The van der Waals surface area contributed by atoms with Crippen molar-refractivity contribution in [1.82, 2.24) is 4.90 Å². The third-order valence-electron chi connectivity index (χ3n) is 2.44. The Morgan fingerprint density at radius 1 is 1.35 bits per heavy atom. The summed E-state index contributed by atoms with van der Waals surface area (Å²) in [5.74, 6) is -0.102. The van der Waals surface area contributed by atoms with Gasteiger partial charge < -0.3 is 10.0 Å². The molecule has 0 aromatic carbocycles. The Labute approximate surface area is 105 Å². The van der Waals surface area contributed by atoms with Crippen LogP contribution in [-0.2, 0) is 4.79 Å². The van der Waals surface area contributed by atoms with E-state index < -0.39 is 0 Å². The van der Waals surface area contributed by atoms with Crippen LogP contribution in [-0.4, -0.2) is 41.9 Å². The van der Waals surface area contributed by atoms with Crippen molar-refractivity contribution in [3.63, 3.8) is 0 Å². The maximum absolute atomic E-state index is 11.7. The van der Waals surface area contributed by atoms with Crippen molar-refractivity contribution < 1.29 is 14.7 Å². The zero-order chi connectivity index (χ0) is 12.8. The molecule has 0 atom stereocenters. The number of nitrogens with zero attached hydrogens (tertiary/aromatic N) is 1. The van der Waals surface area contributed by atoms with Crippen molar-refractivity contribution in [3.8, 4) is 0 Å². The van der Waals surface area contributed by atoms with Crippen LogP contribution in [0.15, 0.2) is 12.1 Å².